The fourth-order valence-corrected chi connectivity index (χ4v) is 2.08. The van der Waals surface area contributed by atoms with Crippen molar-refractivity contribution < 1.29 is 0 Å². The summed E-state index contributed by atoms with van der Waals surface area (Å²) in [4.78, 5) is 0. The molecular formula is C8H6BrClN4S. The summed E-state index contributed by atoms with van der Waals surface area (Å²) >= 11 is 10.9. The molecule has 0 amide bonds. The largest absolute Gasteiger partial charge is 0.213 e. The molecule has 0 atom stereocenters. The Kier molecular flexibility index (Phi) is 3.28. The lowest BCUT2D eigenvalue weighted by molar-refractivity contribution is 0.757. The molecule has 7 heteroatoms. The summed E-state index contributed by atoms with van der Waals surface area (Å²) in [5, 5.41) is 12.7. The molecular weight excluding hydrogens is 300 g/mol. The molecule has 2 rings (SSSR count). The molecule has 1 aromatic carbocycles. The summed E-state index contributed by atoms with van der Waals surface area (Å²) in [6, 6.07) is 5.54. The van der Waals surface area contributed by atoms with Gasteiger partial charge in [0.25, 0.3) is 0 Å². The van der Waals surface area contributed by atoms with E-state index in [1.54, 1.807) is 10.7 Å². The van der Waals surface area contributed by atoms with Crippen LogP contribution in [0.3, 0.4) is 0 Å². The molecule has 0 spiro atoms. The second-order valence-corrected chi connectivity index (χ2v) is 4.77. The van der Waals surface area contributed by atoms with Crippen molar-refractivity contribution in [2.24, 2.45) is 0 Å². The van der Waals surface area contributed by atoms with Gasteiger partial charge in [0.2, 0.25) is 5.16 Å². The predicted octanol–water partition coefficient (Wildman–Crippen LogP) is 2.80. The summed E-state index contributed by atoms with van der Waals surface area (Å²) in [6.07, 6.45) is 1.91. The molecule has 0 fully saturated rings. The van der Waals surface area contributed by atoms with Crippen molar-refractivity contribution >= 4 is 39.3 Å². The molecule has 2 aromatic rings. The third kappa shape index (κ3) is 2.16. The molecule has 0 bridgehead atoms. The molecule has 0 saturated carbocycles. The van der Waals surface area contributed by atoms with Gasteiger partial charge in [0, 0.05) is 4.47 Å². The number of rotatable bonds is 2. The van der Waals surface area contributed by atoms with Crippen molar-refractivity contribution in [1.29, 1.82) is 0 Å². The van der Waals surface area contributed by atoms with E-state index in [-0.39, 0.29) is 0 Å². The van der Waals surface area contributed by atoms with Gasteiger partial charge < -0.3 is 0 Å². The highest BCUT2D eigenvalue weighted by Crippen LogP contribution is 2.26. The van der Waals surface area contributed by atoms with Gasteiger partial charge in [-0.05, 0) is 34.9 Å². The number of hydrogen-bond acceptors (Lipinski definition) is 4. The molecule has 0 aliphatic heterocycles. The van der Waals surface area contributed by atoms with Crippen LogP contribution < -0.4 is 0 Å². The smallest absolute Gasteiger partial charge is 0.186 e. The van der Waals surface area contributed by atoms with E-state index >= 15 is 0 Å². The molecule has 0 aliphatic rings. The van der Waals surface area contributed by atoms with Crippen LogP contribution in [0.4, 0.5) is 0 Å². The Hall–Kier alpha value is -0.590. The van der Waals surface area contributed by atoms with Crippen LogP contribution in [-0.4, -0.2) is 26.5 Å². The van der Waals surface area contributed by atoms with Crippen molar-refractivity contribution in [3.05, 3.63) is 27.7 Å². The summed E-state index contributed by atoms with van der Waals surface area (Å²) in [7, 11) is 0. The number of nitrogens with zero attached hydrogens (tertiary/aromatic N) is 4. The minimum absolute atomic E-state index is 0.612. The van der Waals surface area contributed by atoms with E-state index < -0.39 is 0 Å². The lowest BCUT2D eigenvalue weighted by atomic mass is 10.3. The molecule has 0 aliphatic carbocycles. The van der Waals surface area contributed by atoms with Crippen molar-refractivity contribution in [3.63, 3.8) is 0 Å². The van der Waals surface area contributed by atoms with Gasteiger partial charge in [-0.2, -0.15) is 4.68 Å². The third-order valence-corrected chi connectivity index (χ3v) is 3.19. The summed E-state index contributed by atoms with van der Waals surface area (Å²) < 4.78 is 2.54. The van der Waals surface area contributed by atoms with E-state index in [9.17, 15) is 0 Å². The molecule has 1 aromatic heterocycles. The van der Waals surface area contributed by atoms with E-state index in [2.05, 4.69) is 31.5 Å². The second kappa shape index (κ2) is 4.51. The van der Waals surface area contributed by atoms with Gasteiger partial charge in [0.1, 0.15) is 0 Å². The first-order valence-corrected chi connectivity index (χ1v) is 6.39. The highest BCUT2D eigenvalue weighted by molar-refractivity contribution is 9.10. The molecule has 78 valence electrons. The van der Waals surface area contributed by atoms with Gasteiger partial charge in [-0.3, -0.25) is 0 Å². The fraction of sp³-hybridized carbons (Fsp3) is 0.125. The Balaban J connectivity index is 2.58. The normalized spacial score (nSPS) is 10.6. The highest BCUT2D eigenvalue weighted by atomic mass is 79.9. The van der Waals surface area contributed by atoms with Crippen LogP contribution >= 0.6 is 39.3 Å². The van der Waals surface area contributed by atoms with E-state index in [0.29, 0.717) is 10.2 Å². The second-order valence-electron chi connectivity index (χ2n) is 2.67. The van der Waals surface area contributed by atoms with Crippen LogP contribution in [0.25, 0.3) is 5.69 Å². The number of halogens is 2. The Morgan fingerprint density at radius 1 is 1.47 bits per heavy atom. The number of tetrazole rings is 1. The third-order valence-electron chi connectivity index (χ3n) is 1.76. The minimum atomic E-state index is 0.612. The van der Waals surface area contributed by atoms with Crippen LogP contribution in [0.1, 0.15) is 0 Å². The molecule has 0 saturated heterocycles. The Bertz CT molecular complexity index is 487. The molecule has 0 radical (unpaired) electrons. The van der Waals surface area contributed by atoms with Gasteiger partial charge in [-0.15, -0.1) is 5.10 Å². The number of benzene rings is 1. The molecule has 4 nitrogen and oxygen atoms in total. The maximum Gasteiger partial charge on any atom is 0.213 e. The van der Waals surface area contributed by atoms with Gasteiger partial charge in [0.15, 0.2) is 0 Å². The number of thioether (sulfide) groups is 1. The summed E-state index contributed by atoms with van der Waals surface area (Å²) in [5.41, 5.74) is 0.764. The number of hydrogen-bond donors (Lipinski definition) is 0. The number of aromatic nitrogens is 4. The van der Waals surface area contributed by atoms with Crippen molar-refractivity contribution in [1.82, 2.24) is 20.2 Å². The van der Waals surface area contributed by atoms with Crippen LogP contribution in [0.15, 0.2) is 27.8 Å². The van der Waals surface area contributed by atoms with Crippen LogP contribution in [0.5, 0.6) is 0 Å². The van der Waals surface area contributed by atoms with Crippen LogP contribution in [0, 0.1) is 0 Å². The first-order chi connectivity index (χ1) is 7.22. The first-order valence-electron chi connectivity index (χ1n) is 4.00. The lowest BCUT2D eigenvalue weighted by Gasteiger charge is -2.05. The van der Waals surface area contributed by atoms with Gasteiger partial charge in [0.05, 0.1) is 10.7 Å². The monoisotopic (exact) mass is 304 g/mol. The average molecular weight is 306 g/mol. The van der Waals surface area contributed by atoms with Crippen molar-refractivity contribution in [3.8, 4) is 5.69 Å². The Labute approximate surface area is 104 Å². The van der Waals surface area contributed by atoms with Crippen molar-refractivity contribution in [2.45, 2.75) is 5.16 Å². The van der Waals surface area contributed by atoms with Crippen LogP contribution in [-0.2, 0) is 0 Å². The molecule has 0 N–H and O–H groups in total. The van der Waals surface area contributed by atoms with Gasteiger partial charge >= 0.3 is 0 Å². The van der Waals surface area contributed by atoms with E-state index in [1.807, 2.05) is 18.4 Å². The van der Waals surface area contributed by atoms with Gasteiger partial charge in [-0.1, -0.05) is 39.3 Å². The molecule has 1 heterocycles. The van der Waals surface area contributed by atoms with E-state index in [1.165, 1.54) is 11.8 Å². The molecule has 0 unspecified atom stereocenters. The summed E-state index contributed by atoms with van der Waals surface area (Å²) in [6.45, 7) is 0. The Morgan fingerprint density at radius 3 is 3.00 bits per heavy atom. The highest BCUT2D eigenvalue weighted by Gasteiger charge is 2.10. The first kappa shape index (κ1) is 10.9. The zero-order valence-corrected chi connectivity index (χ0v) is 10.8. The van der Waals surface area contributed by atoms with E-state index in [4.69, 9.17) is 11.6 Å². The van der Waals surface area contributed by atoms with Crippen LogP contribution in [0.2, 0.25) is 5.02 Å². The predicted molar refractivity (Wildman–Crippen MR) is 63.6 cm³/mol. The fourth-order valence-electron chi connectivity index (χ4n) is 1.11. The standard InChI is InChI=1S/C8H6BrClN4S/c1-15-8-11-12-13-14(8)7-4-5(9)2-3-6(7)10/h2-4H,1H3. The Morgan fingerprint density at radius 2 is 2.27 bits per heavy atom. The summed E-state index contributed by atoms with van der Waals surface area (Å²) in [5.74, 6) is 0. The lowest BCUT2D eigenvalue weighted by Crippen LogP contribution is -1.99. The van der Waals surface area contributed by atoms with E-state index in [0.717, 1.165) is 10.2 Å². The zero-order chi connectivity index (χ0) is 10.8. The average Bonchev–Trinajstić information content (AvgIpc) is 2.69. The topological polar surface area (TPSA) is 43.6 Å². The maximum absolute atomic E-state index is 6.07. The quantitative estimate of drug-likeness (QED) is 0.800. The van der Waals surface area contributed by atoms with Crippen molar-refractivity contribution in [2.75, 3.05) is 6.26 Å². The minimum Gasteiger partial charge on any atom is -0.186 e. The van der Waals surface area contributed by atoms with Gasteiger partial charge in [-0.25, -0.2) is 0 Å². The SMILES string of the molecule is CSc1nnnn1-c1cc(Br)ccc1Cl. The maximum atomic E-state index is 6.07. The molecule has 15 heavy (non-hydrogen) atoms. The zero-order valence-electron chi connectivity index (χ0n) is 7.69.